The Morgan fingerprint density at radius 2 is 1.93 bits per heavy atom. The summed E-state index contributed by atoms with van der Waals surface area (Å²) >= 11 is 0. The van der Waals surface area contributed by atoms with Gasteiger partial charge in [0.15, 0.2) is 0 Å². The molecule has 2 aromatic rings. The first-order chi connectivity index (χ1) is 7.33. The van der Waals surface area contributed by atoms with Gasteiger partial charge in [0.05, 0.1) is 5.69 Å². The van der Waals surface area contributed by atoms with E-state index in [2.05, 4.69) is 16.3 Å². The molecule has 2 nitrogen and oxygen atoms in total. The van der Waals surface area contributed by atoms with Crippen molar-refractivity contribution in [3.63, 3.8) is 0 Å². The van der Waals surface area contributed by atoms with Gasteiger partial charge in [-0.25, -0.2) is 4.39 Å². The van der Waals surface area contributed by atoms with Crippen molar-refractivity contribution in [2.45, 2.75) is 18.8 Å². The predicted octanol–water partition coefficient (Wildman–Crippen LogP) is 3.09. The average Bonchev–Trinajstić information content (AvgIpc) is 2.99. The average molecular weight is 202 g/mol. The van der Waals surface area contributed by atoms with Crippen molar-refractivity contribution in [1.29, 1.82) is 0 Å². The van der Waals surface area contributed by atoms with Crippen LogP contribution in [0.3, 0.4) is 0 Å². The summed E-state index contributed by atoms with van der Waals surface area (Å²) in [4.78, 5) is 0. The van der Waals surface area contributed by atoms with Gasteiger partial charge in [0.2, 0.25) is 0 Å². The SMILES string of the molecule is Fc1ccc(-c2cc(C3CC3)[nH]n2)cc1. The summed E-state index contributed by atoms with van der Waals surface area (Å²) in [7, 11) is 0. The molecule has 0 aliphatic heterocycles. The number of hydrogen-bond donors (Lipinski definition) is 1. The third-order valence-corrected chi connectivity index (χ3v) is 2.75. The normalized spacial score (nSPS) is 15.5. The van der Waals surface area contributed by atoms with Crippen LogP contribution in [0.1, 0.15) is 24.5 Å². The lowest BCUT2D eigenvalue weighted by Crippen LogP contribution is -1.78. The molecule has 0 bridgehead atoms. The number of aromatic amines is 1. The van der Waals surface area contributed by atoms with E-state index in [1.807, 2.05) is 0 Å². The van der Waals surface area contributed by atoms with Crippen LogP contribution < -0.4 is 0 Å². The van der Waals surface area contributed by atoms with E-state index in [1.165, 1.54) is 30.7 Å². The third-order valence-electron chi connectivity index (χ3n) is 2.75. The van der Waals surface area contributed by atoms with Crippen LogP contribution in [0.25, 0.3) is 11.3 Å². The summed E-state index contributed by atoms with van der Waals surface area (Å²) in [6.07, 6.45) is 2.51. The third kappa shape index (κ3) is 1.65. The molecule has 1 aliphatic carbocycles. The van der Waals surface area contributed by atoms with Crippen LogP contribution in [0.4, 0.5) is 4.39 Å². The van der Waals surface area contributed by atoms with Crippen LogP contribution in [0.5, 0.6) is 0 Å². The minimum absolute atomic E-state index is 0.211. The standard InChI is InChI=1S/C12H11FN2/c13-10-5-3-9(4-6-10)12-7-11(14-15-12)8-1-2-8/h3-8H,1-2H2,(H,14,15). The Hall–Kier alpha value is -1.64. The second kappa shape index (κ2) is 3.19. The Balaban J connectivity index is 1.93. The van der Waals surface area contributed by atoms with E-state index in [0.29, 0.717) is 5.92 Å². The molecular weight excluding hydrogens is 191 g/mol. The monoisotopic (exact) mass is 202 g/mol. The quantitative estimate of drug-likeness (QED) is 0.796. The molecule has 1 heterocycles. The maximum atomic E-state index is 12.7. The molecule has 0 radical (unpaired) electrons. The van der Waals surface area contributed by atoms with Gasteiger partial charge in [0.25, 0.3) is 0 Å². The molecule has 1 saturated carbocycles. The van der Waals surface area contributed by atoms with Gasteiger partial charge >= 0.3 is 0 Å². The van der Waals surface area contributed by atoms with E-state index in [9.17, 15) is 4.39 Å². The minimum Gasteiger partial charge on any atom is -0.282 e. The number of H-pyrrole nitrogens is 1. The Morgan fingerprint density at radius 3 is 2.60 bits per heavy atom. The lowest BCUT2D eigenvalue weighted by atomic mass is 10.1. The van der Waals surface area contributed by atoms with Crippen molar-refractivity contribution in [2.24, 2.45) is 0 Å². The molecule has 0 amide bonds. The van der Waals surface area contributed by atoms with Gasteiger partial charge in [-0.3, -0.25) is 5.10 Å². The molecule has 3 rings (SSSR count). The summed E-state index contributed by atoms with van der Waals surface area (Å²) in [5.41, 5.74) is 3.06. The summed E-state index contributed by atoms with van der Waals surface area (Å²) < 4.78 is 12.7. The zero-order valence-corrected chi connectivity index (χ0v) is 8.20. The molecular formula is C12H11FN2. The predicted molar refractivity (Wildman–Crippen MR) is 56.0 cm³/mol. The summed E-state index contributed by atoms with van der Waals surface area (Å²) in [6.45, 7) is 0. The number of nitrogens with zero attached hydrogens (tertiary/aromatic N) is 1. The molecule has 1 aromatic heterocycles. The topological polar surface area (TPSA) is 28.7 Å². The lowest BCUT2D eigenvalue weighted by Gasteiger charge is -1.94. The van der Waals surface area contributed by atoms with Gasteiger partial charge in [-0.05, 0) is 43.2 Å². The highest BCUT2D eigenvalue weighted by Crippen LogP contribution is 2.39. The van der Waals surface area contributed by atoms with E-state index in [0.717, 1.165) is 11.3 Å². The first-order valence-corrected chi connectivity index (χ1v) is 5.14. The number of aromatic nitrogens is 2. The van der Waals surface area contributed by atoms with Gasteiger partial charge in [-0.15, -0.1) is 0 Å². The van der Waals surface area contributed by atoms with Crippen LogP contribution in [0.2, 0.25) is 0 Å². The molecule has 76 valence electrons. The first kappa shape index (κ1) is 8.65. The largest absolute Gasteiger partial charge is 0.282 e. The summed E-state index contributed by atoms with van der Waals surface area (Å²) in [5, 5.41) is 7.27. The van der Waals surface area contributed by atoms with Gasteiger partial charge in [0.1, 0.15) is 5.82 Å². The zero-order valence-electron chi connectivity index (χ0n) is 8.20. The second-order valence-corrected chi connectivity index (χ2v) is 3.99. The van der Waals surface area contributed by atoms with E-state index < -0.39 is 0 Å². The van der Waals surface area contributed by atoms with Crippen LogP contribution in [0, 0.1) is 5.82 Å². The van der Waals surface area contributed by atoms with Crippen molar-refractivity contribution in [1.82, 2.24) is 10.2 Å². The Labute approximate surface area is 87.1 Å². The highest BCUT2D eigenvalue weighted by molar-refractivity contribution is 5.59. The molecule has 1 aliphatic rings. The van der Waals surface area contributed by atoms with Crippen molar-refractivity contribution < 1.29 is 4.39 Å². The van der Waals surface area contributed by atoms with Crippen molar-refractivity contribution in [3.05, 3.63) is 41.8 Å². The molecule has 1 N–H and O–H groups in total. The molecule has 1 fully saturated rings. The summed E-state index contributed by atoms with van der Waals surface area (Å²) in [5.74, 6) is 0.461. The van der Waals surface area contributed by atoms with Crippen LogP contribution in [0.15, 0.2) is 30.3 Å². The fourth-order valence-electron chi connectivity index (χ4n) is 1.71. The molecule has 0 atom stereocenters. The maximum Gasteiger partial charge on any atom is 0.123 e. The highest BCUT2D eigenvalue weighted by Gasteiger charge is 2.25. The van der Waals surface area contributed by atoms with Crippen LogP contribution >= 0.6 is 0 Å². The number of rotatable bonds is 2. The Bertz CT molecular complexity index is 469. The molecule has 0 saturated heterocycles. The fourth-order valence-corrected chi connectivity index (χ4v) is 1.71. The lowest BCUT2D eigenvalue weighted by molar-refractivity contribution is 0.628. The van der Waals surface area contributed by atoms with E-state index in [1.54, 1.807) is 12.1 Å². The smallest absolute Gasteiger partial charge is 0.123 e. The first-order valence-electron chi connectivity index (χ1n) is 5.14. The van der Waals surface area contributed by atoms with Crippen LogP contribution in [-0.4, -0.2) is 10.2 Å². The zero-order chi connectivity index (χ0) is 10.3. The molecule has 0 spiro atoms. The maximum absolute atomic E-state index is 12.7. The summed E-state index contributed by atoms with van der Waals surface area (Å²) in [6, 6.07) is 8.48. The molecule has 0 unspecified atom stereocenters. The molecule has 1 aromatic carbocycles. The van der Waals surface area contributed by atoms with Gasteiger partial charge in [0, 0.05) is 17.2 Å². The van der Waals surface area contributed by atoms with E-state index >= 15 is 0 Å². The highest BCUT2D eigenvalue weighted by atomic mass is 19.1. The van der Waals surface area contributed by atoms with E-state index in [-0.39, 0.29) is 5.82 Å². The Kier molecular flexibility index (Phi) is 1.84. The van der Waals surface area contributed by atoms with Gasteiger partial charge < -0.3 is 0 Å². The van der Waals surface area contributed by atoms with Crippen molar-refractivity contribution in [3.8, 4) is 11.3 Å². The minimum atomic E-state index is -0.211. The van der Waals surface area contributed by atoms with Crippen molar-refractivity contribution in [2.75, 3.05) is 0 Å². The second-order valence-electron chi connectivity index (χ2n) is 3.99. The van der Waals surface area contributed by atoms with E-state index in [4.69, 9.17) is 0 Å². The number of halogens is 1. The fraction of sp³-hybridized carbons (Fsp3) is 0.250. The number of benzene rings is 1. The Morgan fingerprint density at radius 1 is 1.20 bits per heavy atom. The molecule has 15 heavy (non-hydrogen) atoms. The van der Waals surface area contributed by atoms with Gasteiger partial charge in [-0.2, -0.15) is 5.10 Å². The number of hydrogen-bond acceptors (Lipinski definition) is 1. The molecule has 3 heteroatoms. The van der Waals surface area contributed by atoms with Crippen molar-refractivity contribution >= 4 is 0 Å². The number of nitrogens with one attached hydrogen (secondary N) is 1. The van der Waals surface area contributed by atoms with Gasteiger partial charge in [-0.1, -0.05) is 0 Å². The van der Waals surface area contributed by atoms with Crippen LogP contribution in [-0.2, 0) is 0 Å².